The highest BCUT2D eigenvalue weighted by Gasteiger charge is 2.28. The number of aromatic nitrogens is 2. The largest absolute Gasteiger partial charge is 0.307 e. The predicted octanol–water partition coefficient (Wildman–Crippen LogP) is 5.20. The molecule has 3 aromatic rings. The molecule has 0 radical (unpaired) electrons. The molecule has 1 aliphatic rings. The number of nitrogens with zero attached hydrogens (tertiary/aromatic N) is 3. The number of amides is 1. The standard InChI is InChI=1S/C20H19BrClN3O/c1-12(2)10-25-20-14(9-23-25)6-17(22)7-15(20)11-24-18-4-3-16(21)5-13(18)8-19(24)26/h3-7,9,12H,8,10-11H2,1-2H3. The molecule has 4 nitrogen and oxygen atoms in total. The summed E-state index contributed by atoms with van der Waals surface area (Å²) in [7, 11) is 0. The van der Waals surface area contributed by atoms with E-state index in [1.54, 1.807) is 0 Å². The summed E-state index contributed by atoms with van der Waals surface area (Å²) >= 11 is 9.82. The molecule has 0 aliphatic carbocycles. The highest BCUT2D eigenvalue weighted by molar-refractivity contribution is 9.10. The van der Waals surface area contributed by atoms with Gasteiger partial charge >= 0.3 is 0 Å². The van der Waals surface area contributed by atoms with E-state index in [4.69, 9.17) is 11.6 Å². The summed E-state index contributed by atoms with van der Waals surface area (Å²) in [6.45, 7) is 5.66. The summed E-state index contributed by atoms with van der Waals surface area (Å²) in [5.74, 6) is 0.592. The predicted molar refractivity (Wildman–Crippen MR) is 109 cm³/mol. The second kappa shape index (κ2) is 6.71. The Morgan fingerprint density at radius 3 is 2.85 bits per heavy atom. The van der Waals surface area contributed by atoms with Crippen molar-refractivity contribution in [3.8, 4) is 0 Å². The SMILES string of the molecule is CC(C)Cn1ncc2cc(Cl)cc(CN3C(=O)Cc4cc(Br)ccc43)c21. The van der Waals surface area contributed by atoms with Crippen molar-refractivity contribution in [2.24, 2.45) is 5.92 Å². The molecule has 26 heavy (non-hydrogen) atoms. The molecule has 6 heteroatoms. The molecule has 0 saturated carbocycles. The van der Waals surface area contributed by atoms with Gasteiger partial charge in [0.1, 0.15) is 0 Å². The minimum Gasteiger partial charge on any atom is -0.307 e. The molecule has 134 valence electrons. The number of carbonyl (C=O) groups excluding carboxylic acids is 1. The van der Waals surface area contributed by atoms with Gasteiger partial charge in [0.05, 0.1) is 24.7 Å². The minimum atomic E-state index is 0.112. The van der Waals surface area contributed by atoms with E-state index in [0.717, 1.165) is 38.7 Å². The molecule has 0 bridgehead atoms. The van der Waals surface area contributed by atoms with Crippen molar-refractivity contribution in [1.29, 1.82) is 0 Å². The highest BCUT2D eigenvalue weighted by atomic mass is 79.9. The Balaban J connectivity index is 1.78. The summed E-state index contributed by atoms with van der Waals surface area (Å²) in [5.41, 5.74) is 4.11. The van der Waals surface area contributed by atoms with Crippen LogP contribution in [0.15, 0.2) is 41.0 Å². The molecule has 0 saturated heterocycles. The molecular formula is C20H19BrClN3O. The molecule has 2 aromatic carbocycles. The van der Waals surface area contributed by atoms with Crippen molar-refractivity contribution in [2.75, 3.05) is 4.90 Å². The van der Waals surface area contributed by atoms with Crippen LogP contribution >= 0.6 is 27.5 Å². The molecular weight excluding hydrogens is 414 g/mol. The topological polar surface area (TPSA) is 38.1 Å². The van der Waals surface area contributed by atoms with Gasteiger partial charge in [-0.2, -0.15) is 5.10 Å². The maximum absolute atomic E-state index is 12.6. The van der Waals surface area contributed by atoms with Crippen LogP contribution in [0.4, 0.5) is 5.69 Å². The number of carbonyl (C=O) groups is 1. The Hall–Kier alpha value is -1.85. The van der Waals surface area contributed by atoms with Gasteiger partial charge in [-0.15, -0.1) is 0 Å². The van der Waals surface area contributed by atoms with Crippen molar-refractivity contribution >= 4 is 50.0 Å². The zero-order valence-electron chi connectivity index (χ0n) is 14.7. The molecule has 1 aliphatic heterocycles. The van der Waals surface area contributed by atoms with Gasteiger partial charge in [-0.3, -0.25) is 9.48 Å². The first kappa shape index (κ1) is 17.6. The minimum absolute atomic E-state index is 0.112. The van der Waals surface area contributed by atoms with Crippen LogP contribution in [0.25, 0.3) is 10.9 Å². The lowest BCUT2D eigenvalue weighted by molar-refractivity contribution is -0.117. The molecule has 1 amide bonds. The van der Waals surface area contributed by atoms with Gasteiger partial charge in [0, 0.05) is 27.1 Å². The number of hydrogen-bond donors (Lipinski definition) is 0. The van der Waals surface area contributed by atoms with Gasteiger partial charge < -0.3 is 4.90 Å². The fraction of sp³-hybridized carbons (Fsp3) is 0.300. The molecule has 2 heterocycles. The lowest BCUT2D eigenvalue weighted by atomic mass is 10.1. The Morgan fingerprint density at radius 2 is 2.08 bits per heavy atom. The average Bonchev–Trinajstić information content (AvgIpc) is 3.08. The molecule has 0 atom stereocenters. The van der Waals surface area contributed by atoms with E-state index >= 15 is 0 Å². The summed E-state index contributed by atoms with van der Waals surface area (Å²) in [5, 5.41) is 6.21. The molecule has 0 unspecified atom stereocenters. The Labute approximate surface area is 165 Å². The first-order chi connectivity index (χ1) is 12.4. The van der Waals surface area contributed by atoms with Crippen molar-refractivity contribution < 1.29 is 4.79 Å². The van der Waals surface area contributed by atoms with Crippen LogP contribution in [0, 0.1) is 5.92 Å². The van der Waals surface area contributed by atoms with Gasteiger partial charge in [-0.1, -0.05) is 41.4 Å². The van der Waals surface area contributed by atoms with Gasteiger partial charge in [0.25, 0.3) is 0 Å². The van der Waals surface area contributed by atoms with Gasteiger partial charge in [-0.05, 0) is 47.4 Å². The van der Waals surface area contributed by atoms with E-state index in [-0.39, 0.29) is 5.91 Å². The fourth-order valence-corrected chi connectivity index (χ4v) is 4.24. The quantitative estimate of drug-likeness (QED) is 0.568. The third kappa shape index (κ3) is 3.14. The third-order valence-corrected chi connectivity index (χ3v) is 5.33. The number of fused-ring (bicyclic) bond motifs is 2. The first-order valence-electron chi connectivity index (χ1n) is 8.65. The maximum atomic E-state index is 12.6. The van der Waals surface area contributed by atoms with Gasteiger partial charge in [0.2, 0.25) is 5.91 Å². The molecule has 4 rings (SSSR count). The van der Waals surface area contributed by atoms with Crippen LogP contribution in [0.2, 0.25) is 5.02 Å². The monoisotopic (exact) mass is 431 g/mol. The molecule has 0 N–H and O–H groups in total. The van der Waals surface area contributed by atoms with Crippen LogP contribution in [-0.2, 0) is 24.3 Å². The molecule has 0 spiro atoms. The second-order valence-electron chi connectivity index (χ2n) is 7.15. The van der Waals surface area contributed by atoms with E-state index in [9.17, 15) is 4.79 Å². The van der Waals surface area contributed by atoms with Gasteiger partial charge in [0.15, 0.2) is 0 Å². The number of hydrogen-bond acceptors (Lipinski definition) is 2. The Morgan fingerprint density at radius 1 is 1.27 bits per heavy atom. The van der Waals surface area contributed by atoms with Crippen molar-refractivity contribution in [2.45, 2.75) is 33.4 Å². The zero-order valence-corrected chi connectivity index (χ0v) is 17.0. The van der Waals surface area contributed by atoms with E-state index in [1.165, 1.54) is 0 Å². The van der Waals surface area contributed by atoms with Crippen LogP contribution in [0.3, 0.4) is 0 Å². The maximum Gasteiger partial charge on any atom is 0.231 e. The number of benzene rings is 2. The number of anilines is 1. The fourth-order valence-electron chi connectivity index (χ4n) is 3.58. The van der Waals surface area contributed by atoms with E-state index in [2.05, 4.69) is 34.9 Å². The lowest BCUT2D eigenvalue weighted by Crippen LogP contribution is -2.26. The third-order valence-electron chi connectivity index (χ3n) is 4.62. The van der Waals surface area contributed by atoms with Crippen molar-refractivity contribution in [3.63, 3.8) is 0 Å². The van der Waals surface area contributed by atoms with Crippen molar-refractivity contribution in [3.05, 3.63) is 57.2 Å². The smallest absolute Gasteiger partial charge is 0.231 e. The molecule has 0 fully saturated rings. The van der Waals surface area contributed by atoms with Crippen LogP contribution in [0.5, 0.6) is 0 Å². The number of halogens is 2. The molecule has 1 aromatic heterocycles. The average molecular weight is 433 g/mol. The van der Waals surface area contributed by atoms with Crippen molar-refractivity contribution in [1.82, 2.24) is 9.78 Å². The second-order valence-corrected chi connectivity index (χ2v) is 8.51. The van der Waals surface area contributed by atoms with Crippen LogP contribution in [-0.4, -0.2) is 15.7 Å². The summed E-state index contributed by atoms with van der Waals surface area (Å²) in [6.07, 6.45) is 2.29. The van der Waals surface area contributed by atoms with Crippen LogP contribution < -0.4 is 4.90 Å². The van der Waals surface area contributed by atoms with E-state index in [0.29, 0.717) is 23.9 Å². The van der Waals surface area contributed by atoms with E-state index in [1.807, 2.05) is 46.1 Å². The Kier molecular flexibility index (Phi) is 4.53. The zero-order chi connectivity index (χ0) is 18.4. The van der Waals surface area contributed by atoms with Crippen LogP contribution in [0.1, 0.15) is 25.0 Å². The summed E-state index contributed by atoms with van der Waals surface area (Å²) in [6, 6.07) is 9.87. The normalized spacial score (nSPS) is 13.9. The summed E-state index contributed by atoms with van der Waals surface area (Å²) in [4.78, 5) is 14.5. The first-order valence-corrected chi connectivity index (χ1v) is 9.82. The van der Waals surface area contributed by atoms with Gasteiger partial charge in [-0.25, -0.2) is 0 Å². The number of rotatable bonds is 4. The highest BCUT2D eigenvalue weighted by Crippen LogP contribution is 2.34. The lowest BCUT2D eigenvalue weighted by Gasteiger charge is -2.19. The Bertz CT molecular complexity index is 1010. The van der Waals surface area contributed by atoms with E-state index < -0.39 is 0 Å². The summed E-state index contributed by atoms with van der Waals surface area (Å²) < 4.78 is 3.01.